The summed E-state index contributed by atoms with van der Waals surface area (Å²) in [6, 6.07) is 8.63. The van der Waals surface area contributed by atoms with Gasteiger partial charge in [0.05, 0.1) is 24.4 Å². The number of nitrogens with one attached hydrogen (secondary N) is 1. The van der Waals surface area contributed by atoms with Gasteiger partial charge in [-0.2, -0.15) is 13.2 Å². The van der Waals surface area contributed by atoms with Crippen LogP contribution in [0.4, 0.5) is 18.9 Å². The third-order valence-electron chi connectivity index (χ3n) is 5.79. The molecule has 2 aromatic carbocycles. The van der Waals surface area contributed by atoms with Crippen LogP contribution in [0.1, 0.15) is 22.3 Å². The average Bonchev–Trinajstić information content (AvgIpc) is 3.32. The first-order chi connectivity index (χ1) is 15.4. The fourth-order valence-electron chi connectivity index (χ4n) is 4.12. The molecule has 0 aromatic heterocycles. The summed E-state index contributed by atoms with van der Waals surface area (Å²) < 4.78 is 56.5. The van der Waals surface area contributed by atoms with Crippen molar-refractivity contribution in [3.63, 3.8) is 0 Å². The Balaban J connectivity index is 1.38. The Hall–Kier alpha value is -3.04. The first kappa shape index (κ1) is 20.8. The summed E-state index contributed by atoms with van der Waals surface area (Å²) in [7, 11) is 0. The van der Waals surface area contributed by atoms with Crippen LogP contribution in [0, 0.1) is 0 Å². The highest BCUT2D eigenvalue weighted by Crippen LogP contribution is 2.44. The van der Waals surface area contributed by atoms with Crippen molar-refractivity contribution >= 4 is 22.9 Å². The fourth-order valence-corrected chi connectivity index (χ4v) is 4.12. The minimum absolute atomic E-state index is 0.117. The van der Waals surface area contributed by atoms with Gasteiger partial charge in [0.1, 0.15) is 24.7 Å². The van der Waals surface area contributed by atoms with Crippen LogP contribution in [0.25, 0.3) is 11.3 Å². The molecule has 0 spiro atoms. The van der Waals surface area contributed by atoms with Crippen molar-refractivity contribution in [2.75, 3.05) is 44.8 Å². The van der Waals surface area contributed by atoms with E-state index in [9.17, 15) is 18.0 Å². The Kier molecular flexibility index (Phi) is 5.30. The molecule has 1 amide bonds. The van der Waals surface area contributed by atoms with E-state index in [0.29, 0.717) is 23.6 Å². The lowest BCUT2D eigenvalue weighted by Gasteiger charge is -2.26. The molecule has 0 saturated carbocycles. The number of carbonyl (C=O) groups is 1. The maximum Gasteiger partial charge on any atom is 0.416 e. The van der Waals surface area contributed by atoms with E-state index >= 15 is 0 Å². The van der Waals surface area contributed by atoms with Crippen LogP contribution >= 0.6 is 0 Å². The number of ether oxygens (including phenoxy) is 3. The molecule has 0 bridgehead atoms. The molecule has 0 aliphatic carbocycles. The molecule has 1 saturated heterocycles. The maximum atomic E-state index is 13.2. The Morgan fingerprint density at radius 1 is 1.06 bits per heavy atom. The number of rotatable bonds is 4. The number of halogens is 3. The third-order valence-corrected chi connectivity index (χ3v) is 5.79. The lowest BCUT2D eigenvalue weighted by Crippen LogP contribution is -2.38. The van der Waals surface area contributed by atoms with Gasteiger partial charge in [0.15, 0.2) is 0 Å². The monoisotopic (exact) mass is 446 g/mol. The standard InChI is InChI=1S/C23H21F3N2O4/c24-23(25,26)15-1-4-19-18(12-15)20(22(29)27-19)21-17-3-2-16(11-14(17)13-32-21)31-10-7-28-5-8-30-9-6-28/h1-4,11-12H,5-10,13H2,(H,27,29). The second-order valence-corrected chi connectivity index (χ2v) is 7.83. The minimum Gasteiger partial charge on any atom is -0.492 e. The van der Waals surface area contributed by atoms with Gasteiger partial charge in [-0.25, -0.2) is 0 Å². The second-order valence-electron chi connectivity index (χ2n) is 7.83. The molecular formula is C23H21F3N2O4. The lowest BCUT2D eigenvalue weighted by atomic mass is 9.99. The number of hydrogen-bond donors (Lipinski definition) is 1. The molecule has 5 rings (SSSR count). The molecular weight excluding hydrogens is 425 g/mol. The van der Waals surface area contributed by atoms with Crippen molar-refractivity contribution in [2.45, 2.75) is 12.8 Å². The van der Waals surface area contributed by atoms with Crippen molar-refractivity contribution in [1.82, 2.24) is 4.90 Å². The molecule has 0 atom stereocenters. The van der Waals surface area contributed by atoms with Crippen LogP contribution < -0.4 is 10.1 Å². The summed E-state index contributed by atoms with van der Waals surface area (Å²) in [5, 5.41) is 2.62. The molecule has 6 nitrogen and oxygen atoms in total. The molecule has 32 heavy (non-hydrogen) atoms. The van der Waals surface area contributed by atoms with Crippen LogP contribution in [0.15, 0.2) is 36.4 Å². The first-order valence-electron chi connectivity index (χ1n) is 10.4. The number of benzene rings is 2. The van der Waals surface area contributed by atoms with Crippen molar-refractivity contribution in [3.8, 4) is 5.75 Å². The number of anilines is 1. The topological polar surface area (TPSA) is 60.0 Å². The van der Waals surface area contributed by atoms with E-state index in [-0.39, 0.29) is 23.5 Å². The van der Waals surface area contributed by atoms with Gasteiger partial charge < -0.3 is 19.5 Å². The van der Waals surface area contributed by atoms with E-state index in [2.05, 4.69) is 10.2 Å². The predicted octanol–water partition coefficient (Wildman–Crippen LogP) is 3.77. The SMILES string of the molecule is O=C1Nc2ccc(C(F)(F)F)cc2C1=C1OCc2cc(OCCN3CCOCC3)ccc21. The molecule has 9 heteroatoms. The van der Waals surface area contributed by atoms with Crippen LogP contribution in [0.3, 0.4) is 0 Å². The molecule has 168 valence electrons. The first-order valence-corrected chi connectivity index (χ1v) is 10.4. The molecule has 3 aliphatic heterocycles. The van der Waals surface area contributed by atoms with Gasteiger partial charge in [0.2, 0.25) is 0 Å². The van der Waals surface area contributed by atoms with Gasteiger partial charge in [-0.05, 0) is 36.4 Å². The van der Waals surface area contributed by atoms with E-state index in [1.165, 1.54) is 6.07 Å². The highest BCUT2D eigenvalue weighted by Gasteiger charge is 2.36. The number of amides is 1. The largest absolute Gasteiger partial charge is 0.492 e. The van der Waals surface area contributed by atoms with Gasteiger partial charge in [-0.1, -0.05) is 0 Å². The molecule has 3 heterocycles. The number of morpholine rings is 1. The van der Waals surface area contributed by atoms with E-state index in [1.54, 1.807) is 12.1 Å². The molecule has 0 unspecified atom stereocenters. The van der Waals surface area contributed by atoms with Crippen LogP contribution in [0.2, 0.25) is 0 Å². The predicted molar refractivity (Wildman–Crippen MR) is 111 cm³/mol. The van der Waals surface area contributed by atoms with E-state index in [4.69, 9.17) is 14.2 Å². The molecule has 1 N–H and O–H groups in total. The Morgan fingerprint density at radius 2 is 1.88 bits per heavy atom. The van der Waals surface area contributed by atoms with Gasteiger partial charge in [0, 0.05) is 42.0 Å². The smallest absolute Gasteiger partial charge is 0.416 e. The average molecular weight is 446 g/mol. The molecule has 3 aliphatic rings. The van der Waals surface area contributed by atoms with Gasteiger partial charge in [-0.15, -0.1) is 0 Å². The number of carbonyl (C=O) groups excluding carboxylic acids is 1. The zero-order valence-electron chi connectivity index (χ0n) is 17.1. The quantitative estimate of drug-likeness (QED) is 0.725. The normalized spacial score (nSPS) is 20.5. The van der Waals surface area contributed by atoms with Crippen molar-refractivity contribution in [3.05, 3.63) is 58.7 Å². The van der Waals surface area contributed by atoms with Crippen molar-refractivity contribution < 1.29 is 32.2 Å². The summed E-state index contributed by atoms with van der Waals surface area (Å²) in [5.74, 6) is 0.492. The highest BCUT2D eigenvalue weighted by atomic mass is 19.4. The summed E-state index contributed by atoms with van der Waals surface area (Å²) in [4.78, 5) is 14.9. The van der Waals surface area contributed by atoms with Crippen LogP contribution in [0.5, 0.6) is 5.75 Å². The van der Waals surface area contributed by atoms with Gasteiger partial charge in [-0.3, -0.25) is 9.69 Å². The number of nitrogens with zero attached hydrogens (tertiary/aromatic N) is 1. The van der Waals surface area contributed by atoms with Crippen LogP contribution in [-0.4, -0.2) is 50.3 Å². The number of fused-ring (bicyclic) bond motifs is 2. The molecule has 2 aromatic rings. The Labute approximate surface area is 182 Å². The van der Waals surface area contributed by atoms with Crippen molar-refractivity contribution in [1.29, 1.82) is 0 Å². The fraction of sp³-hybridized carbons (Fsp3) is 0.348. The third kappa shape index (κ3) is 3.93. The van der Waals surface area contributed by atoms with Gasteiger partial charge in [0.25, 0.3) is 5.91 Å². The summed E-state index contributed by atoms with van der Waals surface area (Å²) in [6.07, 6.45) is -4.50. The minimum atomic E-state index is -4.50. The van der Waals surface area contributed by atoms with Crippen LogP contribution in [-0.2, 0) is 27.1 Å². The number of alkyl halides is 3. The maximum absolute atomic E-state index is 13.2. The van der Waals surface area contributed by atoms with E-state index < -0.39 is 17.6 Å². The van der Waals surface area contributed by atoms with E-state index in [1.807, 2.05) is 6.07 Å². The zero-order chi connectivity index (χ0) is 22.3. The molecule has 0 radical (unpaired) electrons. The zero-order valence-corrected chi connectivity index (χ0v) is 17.1. The van der Waals surface area contributed by atoms with Gasteiger partial charge >= 0.3 is 6.18 Å². The Bertz CT molecular complexity index is 1090. The number of hydrogen-bond acceptors (Lipinski definition) is 5. The molecule has 1 fully saturated rings. The van der Waals surface area contributed by atoms with E-state index in [0.717, 1.165) is 50.5 Å². The van der Waals surface area contributed by atoms with Crippen molar-refractivity contribution in [2.24, 2.45) is 0 Å². The second kappa shape index (κ2) is 8.14. The lowest BCUT2D eigenvalue weighted by molar-refractivity contribution is -0.137. The summed E-state index contributed by atoms with van der Waals surface area (Å²) >= 11 is 0. The summed E-state index contributed by atoms with van der Waals surface area (Å²) in [5.41, 5.74) is 1.34. The summed E-state index contributed by atoms with van der Waals surface area (Å²) in [6.45, 7) is 4.78. The highest BCUT2D eigenvalue weighted by molar-refractivity contribution is 6.36. The Morgan fingerprint density at radius 3 is 2.66 bits per heavy atom.